The molecule has 0 fully saturated rings. The molecule has 0 saturated carbocycles. The molecule has 0 aliphatic carbocycles. The molecule has 120 valence electrons. The SMILES string of the molecule is Cc1nn(CC(=O)O)c(C)c1S(=O)(=O)NC(C)CCCO. The van der Waals surface area contributed by atoms with E-state index in [0.29, 0.717) is 12.8 Å². The molecule has 0 aromatic carbocycles. The van der Waals surface area contributed by atoms with Crippen molar-refractivity contribution in [2.45, 2.75) is 51.1 Å². The van der Waals surface area contributed by atoms with Crippen LogP contribution in [0.15, 0.2) is 4.90 Å². The van der Waals surface area contributed by atoms with Gasteiger partial charge in [0, 0.05) is 12.6 Å². The van der Waals surface area contributed by atoms with Gasteiger partial charge in [0.1, 0.15) is 11.4 Å². The highest BCUT2D eigenvalue weighted by molar-refractivity contribution is 7.89. The van der Waals surface area contributed by atoms with Crippen molar-refractivity contribution >= 4 is 16.0 Å². The Kier molecular flexibility index (Phi) is 5.87. The van der Waals surface area contributed by atoms with Crippen LogP contribution in [0, 0.1) is 13.8 Å². The highest BCUT2D eigenvalue weighted by atomic mass is 32.2. The number of carboxylic acids is 1. The number of nitrogens with one attached hydrogen (secondary N) is 1. The van der Waals surface area contributed by atoms with E-state index in [0.717, 1.165) is 4.68 Å². The normalized spacial score (nSPS) is 13.3. The first-order valence-corrected chi connectivity index (χ1v) is 8.06. The third kappa shape index (κ3) is 4.51. The summed E-state index contributed by atoms with van der Waals surface area (Å²) >= 11 is 0. The maximum Gasteiger partial charge on any atom is 0.325 e. The summed E-state index contributed by atoms with van der Waals surface area (Å²) in [5.41, 5.74) is 0.548. The van der Waals surface area contributed by atoms with E-state index in [4.69, 9.17) is 10.2 Å². The molecule has 3 N–H and O–H groups in total. The van der Waals surface area contributed by atoms with Gasteiger partial charge in [0.25, 0.3) is 0 Å². The number of hydrogen-bond donors (Lipinski definition) is 3. The van der Waals surface area contributed by atoms with Crippen molar-refractivity contribution in [2.75, 3.05) is 6.61 Å². The summed E-state index contributed by atoms with van der Waals surface area (Å²) in [6.45, 7) is 4.37. The first-order valence-electron chi connectivity index (χ1n) is 6.58. The molecular formula is C12H21N3O5S. The lowest BCUT2D eigenvalue weighted by atomic mass is 10.2. The number of hydrogen-bond acceptors (Lipinski definition) is 5. The standard InChI is InChI=1S/C12H21N3O5S/c1-8(5-4-6-16)14-21(19,20)12-9(2)13-15(10(12)3)7-11(17)18/h8,14,16H,4-7H2,1-3H3,(H,17,18). The molecule has 0 aliphatic heterocycles. The first kappa shape index (κ1) is 17.6. The largest absolute Gasteiger partial charge is 0.480 e. The lowest BCUT2D eigenvalue weighted by molar-refractivity contribution is -0.137. The molecular weight excluding hydrogens is 298 g/mol. The molecule has 0 radical (unpaired) electrons. The summed E-state index contributed by atoms with van der Waals surface area (Å²) < 4.78 is 28.4. The second-order valence-corrected chi connectivity index (χ2v) is 6.59. The van der Waals surface area contributed by atoms with E-state index in [9.17, 15) is 13.2 Å². The van der Waals surface area contributed by atoms with Crippen LogP contribution in [0.25, 0.3) is 0 Å². The zero-order chi connectivity index (χ0) is 16.2. The van der Waals surface area contributed by atoms with Crippen LogP contribution < -0.4 is 4.72 Å². The number of sulfonamides is 1. The average Bonchev–Trinajstić information content (AvgIpc) is 2.60. The van der Waals surface area contributed by atoms with Crippen LogP contribution in [0.2, 0.25) is 0 Å². The summed E-state index contributed by atoms with van der Waals surface area (Å²) in [7, 11) is -3.77. The third-order valence-electron chi connectivity index (χ3n) is 3.02. The van der Waals surface area contributed by atoms with E-state index in [1.54, 1.807) is 6.92 Å². The Bertz CT molecular complexity index is 609. The highest BCUT2D eigenvalue weighted by Crippen LogP contribution is 2.20. The molecule has 21 heavy (non-hydrogen) atoms. The van der Waals surface area contributed by atoms with Gasteiger partial charge in [0.15, 0.2) is 0 Å². The smallest absolute Gasteiger partial charge is 0.325 e. The number of aliphatic hydroxyl groups is 1. The van der Waals surface area contributed by atoms with Gasteiger partial charge >= 0.3 is 5.97 Å². The van der Waals surface area contributed by atoms with Crippen molar-refractivity contribution in [3.05, 3.63) is 11.4 Å². The predicted molar refractivity (Wildman–Crippen MR) is 75.4 cm³/mol. The van der Waals surface area contributed by atoms with Gasteiger partial charge in [0.05, 0.1) is 11.4 Å². The molecule has 1 rings (SSSR count). The van der Waals surface area contributed by atoms with Crippen molar-refractivity contribution in [3.63, 3.8) is 0 Å². The summed E-state index contributed by atoms with van der Waals surface area (Å²) in [5.74, 6) is -1.09. The number of aromatic nitrogens is 2. The Balaban J connectivity index is 3.03. The molecule has 0 amide bonds. The van der Waals surface area contributed by atoms with Gasteiger partial charge in [-0.2, -0.15) is 5.10 Å². The molecule has 0 aliphatic rings. The maximum absolute atomic E-state index is 12.4. The quantitative estimate of drug-likeness (QED) is 0.621. The minimum absolute atomic E-state index is 0.000662. The number of aryl methyl sites for hydroxylation is 1. The van der Waals surface area contributed by atoms with Crippen LogP contribution in [0.3, 0.4) is 0 Å². The summed E-state index contributed by atoms with van der Waals surface area (Å²) in [6, 6.07) is -0.330. The minimum Gasteiger partial charge on any atom is -0.480 e. The number of aliphatic hydroxyl groups excluding tert-OH is 1. The molecule has 1 aromatic rings. The van der Waals surface area contributed by atoms with Gasteiger partial charge in [-0.25, -0.2) is 13.1 Å². The van der Waals surface area contributed by atoms with Crippen molar-refractivity contribution in [2.24, 2.45) is 0 Å². The van der Waals surface area contributed by atoms with Crippen molar-refractivity contribution in [1.29, 1.82) is 0 Å². The van der Waals surface area contributed by atoms with Crippen LogP contribution in [0.5, 0.6) is 0 Å². The van der Waals surface area contributed by atoms with Crippen LogP contribution in [-0.2, 0) is 21.4 Å². The Morgan fingerprint density at radius 3 is 2.57 bits per heavy atom. The van der Waals surface area contributed by atoms with Crippen LogP contribution in [0.1, 0.15) is 31.2 Å². The number of rotatable bonds is 8. The second-order valence-electron chi connectivity index (χ2n) is 4.94. The maximum atomic E-state index is 12.4. The van der Waals surface area contributed by atoms with E-state index in [1.165, 1.54) is 13.8 Å². The lowest BCUT2D eigenvalue weighted by Gasteiger charge is -2.14. The van der Waals surface area contributed by atoms with E-state index < -0.39 is 16.0 Å². The molecule has 0 saturated heterocycles. The van der Waals surface area contributed by atoms with Gasteiger partial charge < -0.3 is 10.2 Å². The number of carbonyl (C=O) groups is 1. The summed E-state index contributed by atoms with van der Waals surface area (Å²) in [4.78, 5) is 10.8. The Morgan fingerprint density at radius 2 is 2.05 bits per heavy atom. The van der Waals surface area contributed by atoms with Crippen LogP contribution in [0.4, 0.5) is 0 Å². The molecule has 1 aromatic heterocycles. The number of carboxylic acid groups (broad SMARTS) is 1. The van der Waals surface area contributed by atoms with Gasteiger partial charge in [-0.3, -0.25) is 9.48 Å². The van der Waals surface area contributed by atoms with Crippen LogP contribution >= 0.6 is 0 Å². The molecule has 1 heterocycles. The number of nitrogens with zero attached hydrogens (tertiary/aromatic N) is 2. The monoisotopic (exact) mass is 319 g/mol. The Hall–Kier alpha value is -1.45. The van der Waals surface area contributed by atoms with Gasteiger partial charge in [-0.05, 0) is 33.6 Å². The molecule has 1 atom stereocenters. The fourth-order valence-electron chi connectivity index (χ4n) is 2.13. The molecule has 1 unspecified atom stereocenters. The molecule has 9 heteroatoms. The summed E-state index contributed by atoms with van der Waals surface area (Å²) in [6.07, 6.45) is 1.01. The minimum atomic E-state index is -3.77. The van der Waals surface area contributed by atoms with E-state index >= 15 is 0 Å². The topological polar surface area (TPSA) is 122 Å². The Labute approximate surface area is 123 Å². The predicted octanol–water partition coefficient (Wildman–Crippen LogP) is 0.0238. The highest BCUT2D eigenvalue weighted by Gasteiger charge is 2.26. The van der Waals surface area contributed by atoms with Crippen molar-refractivity contribution in [3.8, 4) is 0 Å². The van der Waals surface area contributed by atoms with Crippen molar-refractivity contribution in [1.82, 2.24) is 14.5 Å². The molecule has 0 bridgehead atoms. The average molecular weight is 319 g/mol. The second kappa shape index (κ2) is 7.01. The zero-order valence-electron chi connectivity index (χ0n) is 12.3. The van der Waals surface area contributed by atoms with Crippen molar-refractivity contribution < 1.29 is 23.4 Å². The molecule has 0 spiro atoms. The van der Waals surface area contributed by atoms with Gasteiger partial charge in [0.2, 0.25) is 10.0 Å². The number of aliphatic carboxylic acids is 1. The lowest BCUT2D eigenvalue weighted by Crippen LogP contribution is -2.33. The Morgan fingerprint density at radius 1 is 1.43 bits per heavy atom. The fraction of sp³-hybridized carbons (Fsp3) is 0.667. The first-order chi connectivity index (χ1) is 9.69. The van der Waals surface area contributed by atoms with Crippen LogP contribution in [-0.4, -0.2) is 47.0 Å². The third-order valence-corrected chi connectivity index (χ3v) is 4.86. The zero-order valence-corrected chi connectivity index (χ0v) is 13.1. The van der Waals surface area contributed by atoms with Gasteiger partial charge in [-0.1, -0.05) is 0 Å². The fourth-order valence-corrected chi connectivity index (χ4v) is 3.82. The van der Waals surface area contributed by atoms with E-state index in [-0.39, 0.29) is 35.5 Å². The molecule has 8 nitrogen and oxygen atoms in total. The van der Waals surface area contributed by atoms with E-state index in [1.807, 2.05) is 0 Å². The summed E-state index contributed by atoms with van der Waals surface area (Å²) in [5, 5.41) is 21.5. The van der Waals surface area contributed by atoms with Gasteiger partial charge in [-0.15, -0.1) is 0 Å². The van der Waals surface area contributed by atoms with E-state index in [2.05, 4.69) is 9.82 Å².